The Hall–Kier alpha value is -4.39. The fraction of sp³-hybridized carbons (Fsp3) is 0.206. The maximum absolute atomic E-state index is 12.1. The summed E-state index contributed by atoms with van der Waals surface area (Å²) in [7, 11) is 0. The first-order valence-electron chi connectivity index (χ1n) is 13.5. The number of benzene rings is 4. The molecule has 40 heavy (non-hydrogen) atoms. The van der Waals surface area contributed by atoms with Crippen molar-refractivity contribution in [1.82, 2.24) is 0 Å². The maximum atomic E-state index is 12.1. The minimum absolute atomic E-state index is 0.155. The van der Waals surface area contributed by atoms with Crippen LogP contribution in [0.15, 0.2) is 95.4 Å². The van der Waals surface area contributed by atoms with Crippen molar-refractivity contribution in [3.63, 3.8) is 0 Å². The number of furan rings is 1. The lowest BCUT2D eigenvalue weighted by molar-refractivity contribution is -0.142. The molecule has 0 saturated carbocycles. The third-order valence-electron chi connectivity index (χ3n) is 6.88. The van der Waals surface area contributed by atoms with Gasteiger partial charge in [-0.25, -0.2) is 0 Å². The molecule has 0 aliphatic carbocycles. The molecule has 6 heteroatoms. The molecule has 1 aromatic heterocycles. The molecule has 0 aliphatic heterocycles. The minimum atomic E-state index is -0.398. The number of aryl methyl sites for hydroxylation is 1. The van der Waals surface area contributed by atoms with E-state index in [0.717, 1.165) is 49.9 Å². The van der Waals surface area contributed by atoms with Crippen LogP contribution in [0.2, 0.25) is 0 Å². The highest BCUT2D eigenvalue weighted by Gasteiger charge is 2.19. The topological polar surface area (TPSA) is 101 Å². The Bertz CT molecular complexity index is 1640. The number of fused-ring (bicyclic) bond motifs is 1. The largest absolute Gasteiger partial charge is 0.489 e. The molecule has 204 valence electrons. The Labute approximate surface area is 234 Å². The van der Waals surface area contributed by atoms with Crippen molar-refractivity contribution in [2.24, 2.45) is 11.5 Å². The number of carbonyl (C=O) groups excluding carboxylic acids is 1. The first-order chi connectivity index (χ1) is 19.4. The number of esters is 1. The van der Waals surface area contributed by atoms with Crippen molar-refractivity contribution in [2.45, 2.75) is 39.5 Å². The highest BCUT2D eigenvalue weighted by atomic mass is 16.5. The number of ether oxygens (including phenoxy) is 2. The van der Waals surface area contributed by atoms with E-state index in [1.165, 1.54) is 0 Å². The second kappa shape index (κ2) is 12.2. The van der Waals surface area contributed by atoms with Gasteiger partial charge in [0.25, 0.3) is 0 Å². The van der Waals surface area contributed by atoms with Crippen LogP contribution in [-0.2, 0) is 29.1 Å². The predicted octanol–water partition coefficient (Wildman–Crippen LogP) is 6.60. The molecule has 0 bridgehead atoms. The molecule has 4 aromatic carbocycles. The van der Waals surface area contributed by atoms with Crippen LogP contribution in [0.5, 0.6) is 5.75 Å². The van der Waals surface area contributed by atoms with Crippen molar-refractivity contribution in [3.8, 4) is 16.9 Å². The monoisotopic (exact) mass is 534 g/mol. The lowest BCUT2D eigenvalue weighted by Crippen LogP contribution is -2.10. The number of para-hydroxylation sites is 1. The van der Waals surface area contributed by atoms with Gasteiger partial charge in [0.15, 0.2) is 0 Å². The van der Waals surface area contributed by atoms with E-state index in [4.69, 9.17) is 25.4 Å². The summed E-state index contributed by atoms with van der Waals surface area (Å²) >= 11 is 0. The molecule has 1 unspecified atom stereocenters. The Morgan fingerprint density at radius 2 is 1.75 bits per heavy atom. The van der Waals surface area contributed by atoms with E-state index in [-0.39, 0.29) is 12.4 Å². The number of nitrogens with two attached hydrogens (primary N) is 2. The van der Waals surface area contributed by atoms with Gasteiger partial charge in [-0.3, -0.25) is 4.79 Å². The lowest BCUT2D eigenvalue weighted by atomic mass is 9.98. The second-order valence-corrected chi connectivity index (χ2v) is 9.89. The fourth-order valence-electron chi connectivity index (χ4n) is 4.90. The van der Waals surface area contributed by atoms with Gasteiger partial charge in [-0.05, 0) is 66.4 Å². The number of carbonyl (C=O) groups is 1. The normalized spacial score (nSPS) is 11.9. The summed E-state index contributed by atoms with van der Waals surface area (Å²) in [6, 6.07) is 29.6. The molecule has 4 N–H and O–H groups in total. The molecular weight excluding hydrogens is 500 g/mol. The summed E-state index contributed by atoms with van der Waals surface area (Å²) in [5, 5.41) is 0.937. The van der Waals surface area contributed by atoms with Crippen LogP contribution in [0.25, 0.3) is 22.1 Å². The van der Waals surface area contributed by atoms with Gasteiger partial charge in [0.1, 0.15) is 23.7 Å². The molecule has 6 nitrogen and oxygen atoms in total. The molecule has 5 aromatic rings. The van der Waals surface area contributed by atoms with Crippen LogP contribution in [0.3, 0.4) is 0 Å². The highest BCUT2D eigenvalue weighted by Crippen LogP contribution is 2.36. The third-order valence-corrected chi connectivity index (χ3v) is 6.88. The highest BCUT2D eigenvalue weighted by molar-refractivity contribution is 5.94. The summed E-state index contributed by atoms with van der Waals surface area (Å²) < 4.78 is 17.8. The van der Waals surface area contributed by atoms with Gasteiger partial charge in [-0.15, -0.1) is 0 Å². The van der Waals surface area contributed by atoms with E-state index in [0.29, 0.717) is 31.3 Å². The summed E-state index contributed by atoms with van der Waals surface area (Å²) in [5.74, 6) is 1.06. The van der Waals surface area contributed by atoms with Crippen molar-refractivity contribution in [3.05, 3.63) is 125 Å². The summed E-state index contributed by atoms with van der Waals surface area (Å²) in [5.41, 5.74) is 20.2. The van der Waals surface area contributed by atoms with E-state index in [1.807, 2.05) is 54.6 Å². The standard InChI is InChI=1S/C34H34N2O4/c1-3-38-32(37)19-26-10-4-5-13-30(26)39-21-24-16-28-18-31(33(36)27-12-6-8-22(2)14-27)40-34(28)29(17-24)25-11-7-9-23(15-25)20-35/h4-18,33H,3,19-21,35-36H2,1-2H3. The zero-order valence-corrected chi connectivity index (χ0v) is 22.9. The first-order valence-corrected chi connectivity index (χ1v) is 13.5. The van der Waals surface area contributed by atoms with Gasteiger partial charge in [0.05, 0.1) is 19.1 Å². The number of hydrogen-bond acceptors (Lipinski definition) is 6. The summed E-state index contributed by atoms with van der Waals surface area (Å²) in [6.07, 6.45) is 0.155. The van der Waals surface area contributed by atoms with Crippen molar-refractivity contribution < 1.29 is 18.7 Å². The zero-order chi connectivity index (χ0) is 28.1. The van der Waals surface area contributed by atoms with Crippen LogP contribution in [0.4, 0.5) is 0 Å². The molecular formula is C34H34N2O4. The summed E-state index contributed by atoms with van der Waals surface area (Å²) in [4.78, 5) is 12.1. The average molecular weight is 535 g/mol. The van der Waals surface area contributed by atoms with Crippen LogP contribution in [0.1, 0.15) is 46.5 Å². The van der Waals surface area contributed by atoms with Gasteiger partial charge in [0, 0.05) is 23.1 Å². The average Bonchev–Trinajstić information content (AvgIpc) is 3.40. The summed E-state index contributed by atoms with van der Waals surface area (Å²) in [6.45, 7) is 4.94. The predicted molar refractivity (Wildman–Crippen MR) is 158 cm³/mol. The fourth-order valence-corrected chi connectivity index (χ4v) is 4.90. The van der Waals surface area contributed by atoms with E-state index >= 15 is 0 Å². The van der Waals surface area contributed by atoms with E-state index in [1.54, 1.807) is 6.92 Å². The van der Waals surface area contributed by atoms with Gasteiger partial charge >= 0.3 is 5.97 Å². The molecule has 0 radical (unpaired) electrons. The Balaban J connectivity index is 1.52. The molecule has 5 rings (SSSR count). The van der Waals surface area contributed by atoms with Gasteiger partial charge < -0.3 is 25.4 Å². The van der Waals surface area contributed by atoms with Crippen molar-refractivity contribution in [2.75, 3.05) is 6.61 Å². The van der Waals surface area contributed by atoms with Crippen LogP contribution >= 0.6 is 0 Å². The minimum Gasteiger partial charge on any atom is -0.489 e. The van der Waals surface area contributed by atoms with E-state index in [9.17, 15) is 4.79 Å². The molecule has 0 aliphatic rings. The van der Waals surface area contributed by atoms with Crippen molar-refractivity contribution in [1.29, 1.82) is 0 Å². The Morgan fingerprint density at radius 3 is 2.55 bits per heavy atom. The Morgan fingerprint density at radius 1 is 0.925 bits per heavy atom. The number of hydrogen-bond donors (Lipinski definition) is 2. The third kappa shape index (κ3) is 6.09. The Kier molecular flexibility index (Phi) is 8.29. The molecule has 0 amide bonds. The maximum Gasteiger partial charge on any atom is 0.310 e. The van der Waals surface area contributed by atoms with Crippen molar-refractivity contribution >= 4 is 16.9 Å². The smallest absolute Gasteiger partial charge is 0.310 e. The van der Waals surface area contributed by atoms with Gasteiger partial charge in [0.2, 0.25) is 0 Å². The van der Waals surface area contributed by atoms with Crippen LogP contribution in [-0.4, -0.2) is 12.6 Å². The van der Waals surface area contributed by atoms with Crippen LogP contribution < -0.4 is 16.2 Å². The van der Waals surface area contributed by atoms with Gasteiger partial charge in [-0.2, -0.15) is 0 Å². The quantitative estimate of drug-likeness (QED) is 0.196. The lowest BCUT2D eigenvalue weighted by Gasteiger charge is -2.13. The van der Waals surface area contributed by atoms with E-state index < -0.39 is 6.04 Å². The molecule has 0 spiro atoms. The van der Waals surface area contributed by atoms with Gasteiger partial charge in [-0.1, -0.05) is 66.2 Å². The second-order valence-electron chi connectivity index (χ2n) is 9.89. The SMILES string of the molecule is CCOC(=O)Cc1ccccc1OCc1cc(-c2cccc(CN)c2)c2oc(C(N)c3cccc(C)c3)cc2c1. The molecule has 1 heterocycles. The van der Waals surface area contributed by atoms with E-state index in [2.05, 4.69) is 43.3 Å². The zero-order valence-electron chi connectivity index (χ0n) is 22.9. The molecule has 0 saturated heterocycles. The molecule has 1 atom stereocenters. The first kappa shape index (κ1) is 27.2. The van der Waals surface area contributed by atoms with Crippen LogP contribution in [0, 0.1) is 6.92 Å². The number of rotatable bonds is 10. The molecule has 0 fully saturated rings.